The molecule has 0 aliphatic rings. The van der Waals surface area contributed by atoms with Crippen LogP contribution in [0.4, 0.5) is 0 Å². The summed E-state index contributed by atoms with van der Waals surface area (Å²) in [5.41, 5.74) is 2.42. The Balaban J connectivity index is 2.06. The molecule has 0 aliphatic carbocycles. The molecule has 0 spiro atoms. The van der Waals surface area contributed by atoms with Gasteiger partial charge in [-0.25, -0.2) is 0 Å². The first-order valence-electron chi connectivity index (χ1n) is 6.35. The van der Waals surface area contributed by atoms with Gasteiger partial charge in [-0.1, -0.05) is 24.3 Å². The molecule has 1 atom stereocenters. The highest BCUT2D eigenvalue weighted by Crippen LogP contribution is 2.18. The van der Waals surface area contributed by atoms with Crippen molar-refractivity contribution >= 4 is 17.5 Å². The van der Waals surface area contributed by atoms with Crippen molar-refractivity contribution < 1.29 is 9.90 Å². The zero-order valence-electron chi connectivity index (χ0n) is 11.1. The summed E-state index contributed by atoms with van der Waals surface area (Å²) < 4.78 is 0. The van der Waals surface area contributed by atoms with Gasteiger partial charge in [0.2, 0.25) is 0 Å². The summed E-state index contributed by atoms with van der Waals surface area (Å²) in [6.07, 6.45) is 0. The lowest BCUT2D eigenvalue weighted by Gasteiger charge is -2.14. The molecule has 0 aromatic heterocycles. The molecule has 2 aromatic rings. The van der Waals surface area contributed by atoms with Crippen molar-refractivity contribution in [1.29, 1.82) is 0 Å². The van der Waals surface area contributed by atoms with E-state index in [0.29, 0.717) is 11.4 Å². The van der Waals surface area contributed by atoms with Gasteiger partial charge in [0.05, 0.1) is 6.04 Å². The predicted octanol–water partition coefficient (Wildman–Crippen LogP) is 3.62. The molecule has 104 valence electrons. The Labute approximate surface area is 123 Å². The molecule has 0 bridgehead atoms. The van der Waals surface area contributed by atoms with Crippen LogP contribution in [0.25, 0.3) is 0 Å². The largest absolute Gasteiger partial charge is 0.508 e. The maximum absolute atomic E-state index is 12.1. The second-order valence-corrected chi connectivity index (χ2v) is 4.89. The topological polar surface area (TPSA) is 49.3 Å². The number of phenols is 1. The molecule has 0 radical (unpaired) electrons. The highest BCUT2D eigenvalue weighted by molar-refractivity contribution is 6.17. The summed E-state index contributed by atoms with van der Waals surface area (Å²) in [4.78, 5) is 12.1. The Morgan fingerprint density at radius 1 is 1.25 bits per heavy atom. The highest BCUT2D eigenvalue weighted by atomic mass is 35.5. The van der Waals surface area contributed by atoms with Gasteiger partial charge in [0.15, 0.2) is 0 Å². The van der Waals surface area contributed by atoms with Crippen LogP contribution in [0.5, 0.6) is 5.75 Å². The van der Waals surface area contributed by atoms with Gasteiger partial charge >= 0.3 is 0 Å². The highest BCUT2D eigenvalue weighted by Gasteiger charge is 2.11. The van der Waals surface area contributed by atoms with Gasteiger partial charge in [0, 0.05) is 11.4 Å². The van der Waals surface area contributed by atoms with Crippen molar-refractivity contribution in [3.8, 4) is 5.75 Å². The fourth-order valence-electron chi connectivity index (χ4n) is 1.90. The van der Waals surface area contributed by atoms with Crippen LogP contribution in [-0.2, 0) is 5.88 Å². The van der Waals surface area contributed by atoms with Crippen LogP contribution in [0, 0.1) is 0 Å². The second kappa shape index (κ2) is 6.44. The molecular formula is C16H16ClNO2. The zero-order chi connectivity index (χ0) is 14.5. The van der Waals surface area contributed by atoms with Gasteiger partial charge in [-0.15, -0.1) is 11.6 Å². The minimum absolute atomic E-state index is 0.151. The molecule has 3 nitrogen and oxygen atoms in total. The van der Waals surface area contributed by atoms with Gasteiger partial charge in [0.25, 0.3) is 5.91 Å². The fraction of sp³-hybridized carbons (Fsp3) is 0.188. The lowest BCUT2D eigenvalue weighted by molar-refractivity contribution is 0.0940. The number of alkyl halides is 1. The van der Waals surface area contributed by atoms with Crippen LogP contribution in [-0.4, -0.2) is 11.0 Å². The molecule has 2 rings (SSSR count). The molecule has 1 unspecified atom stereocenters. The number of hydrogen-bond donors (Lipinski definition) is 2. The molecule has 0 fully saturated rings. The van der Waals surface area contributed by atoms with Crippen molar-refractivity contribution in [2.24, 2.45) is 0 Å². The Bertz CT molecular complexity index is 596. The average Bonchev–Trinajstić information content (AvgIpc) is 2.47. The summed E-state index contributed by atoms with van der Waals surface area (Å²) in [7, 11) is 0. The number of amides is 1. The van der Waals surface area contributed by atoms with Gasteiger partial charge < -0.3 is 10.4 Å². The maximum atomic E-state index is 12.1. The third-order valence-corrected chi connectivity index (χ3v) is 3.40. The Kier molecular flexibility index (Phi) is 4.64. The summed E-state index contributed by atoms with van der Waals surface area (Å²) in [5.74, 6) is 0.471. The first-order chi connectivity index (χ1) is 9.60. The van der Waals surface area contributed by atoms with E-state index in [1.807, 2.05) is 25.1 Å². The van der Waals surface area contributed by atoms with Gasteiger partial charge in [-0.3, -0.25) is 4.79 Å². The molecule has 2 aromatic carbocycles. The van der Waals surface area contributed by atoms with Crippen LogP contribution >= 0.6 is 11.6 Å². The van der Waals surface area contributed by atoms with E-state index in [1.165, 1.54) is 0 Å². The van der Waals surface area contributed by atoms with E-state index in [4.69, 9.17) is 11.6 Å². The number of nitrogens with one attached hydrogen (secondary N) is 1. The maximum Gasteiger partial charge on any atom is 0.251 e. The molecule has 0 saturated carbocycles. The molecule has 4 heteroatoms. The number of carbonyl (C=O) groups is 1. The van der Waals surface area contributed by atoms with E-state index in [0.717, 1.165) is 11.1 Å². The molecular weight excluding hydrogens is 274 g/mol. The standard InChI is InChI=1S/C16H16ClNO2/c1-11(14-3-2-4-15(19)9-14)18-16(20)13-7-5-12(10-17)6-8-13/h2-9,11,19H,10H2,1H3,(H,18,20). The summed E-state index contributed by atoms with van der Waals surface area (Å²) >= 11 is 5.71. The number of phenolic OH excluding ortho intramolecular Hbond substituents is 1. The van der Waals surface area contributed by atoms with Crippen molar-refractivity contribution in [2.45, 2.75) is 18.8 Å². The number of halogens is 1. The number of hydrogen-bond acceptors (Lipinski definition) is 2. The quantitative estimate of drug-likeness (QED) is 0.845. The zero-order valence-corrected chi connectivity index (χ0v) is 11.9. The number of carbonyl (C=O) groups excluding carboxylic acids is 1. The van der Waals surface area contributed by atoms with Gasteiger partial charge in [0.1, 0.15) is 5.75 Å². The van der Waals surface area contributed by atoms with Crippen LogP contribution in [0.3, 0.4) is 0 Å². The van der Waals surface area contributed by atoms with Crippen molar-refractivity contribution in [2.75, 3.05) is 0 Å². The number of aromatic hydroxyl groups is 1. The van der Waals surface area contributed by atoms with Crippen molar-refractivity contribution in [3.63, 3.8) is 0 Å². The van der Waals surface area contributed by atoms with Crippen molar-refractivity contribution in [1.82, 2.24) is 5.32 Å². The summed E-state index contributed by atoms with van der Waals surface area (Å²) in [6, 6.07) is 13.8. The first kappa shape index (κ1) is 14.4. The molecule has 0 heterocycles. The van der Waals surface area contributed by atoms with Gasteiger partial charge in [-0.2, -0.15) is 0 Å². The molecule has 0 aliphatic heterocycles. The van der Waals surface area contributed by atoms with E-state index in [-0.39, 0.29) is 17.7 Å². The average molecular weight is 290 g/mol. The lowest BCUT2D eigenvalue weighted by Crippen LogP contribution is -2.26. The number of rotatable bonds is 4. The number of benzene rings is 2. The smallest absolute Gasteiger partial charge is 0.251 e. The Hall–Kier alpha value is -2.00. The van der Waals surface area contributed by atoms with E-state index in [9.17, 15) is 9.90 Å². The normalized spacial score (nSPS) is 11.9. The van der Waals surface area contributed by atoms with Gasteiger partial charge in [-0.05, 0) is 42.3 Å². The van der Waals surface area contributed by atoms with E-state index in [2.05, 4.69) is 5.32 Å². The van der Waals surface area contributed by atoms with Crippen LogP contribution in [0.1, 0.15) is 34.5 Å². The molecule has 1 amide bonds. The van der Waals surface area contributed by atoms with Crippen LogP contribution < -0.4 is 5.32 Å². The van der Waals surface area contributed by atoms with E-state index < -0.39 is 0 Å². The van der Waals surface area contributed by atoms with E-state index in [1.54, 1.807) is 30.3 Å². The molecule has 20 heavy (non-hydrogen) atoms. The summed E-state index contributed by atoms with van der Waals surface area (Å²) in [6.45, 7) is 1.87. The van der Waals surface area contributed by atoms with Crippen LogP contribution in [0.15, 0.2) is 48.5 Å². The fourth-order valence-corrected chi connectivity index (χ4v) is 2.08. The minimum atomic E-state index is -0.178. The first-order valence-corrected chi connectivity index (χ1v) is 6.88. The molecule has 2 N–H and O–H groups in total. The SMILES string of the molecule is CC(NC(=O)c1ccc(CCl)cc1)c1cccc(O)c1. The second-order valence-electron chi connectivity index (χ2n) is 4.62. The third-order valence-electron chi connectivity index (χ3n) is 3.09. The molecule has 0 saturated heterocycles. The third kappa shape index (κ3) is 3.52. The van der Waals surface area contributed by atoms with E-state index >= 15 is 0 Å². The van der Waals surface area contributed by atoms with Crippen molar-refractivity contribution in [3.05, 3.63) is 65.2 Å². The monoisotopic (exact) mass is 289 g/mol. The minimum Gasteiger partial charge on any atom is -0.508 e. The predicted molar refractivity (Wildman–Crippen MR) is 80.0 cm³/mol. The lowest BCUT2D eigenvalue weighted by atomic mass is 10.1. The van der Waals surface area contributed by atoms with Crippen LogP contribution in [0.2, 0.25) is 0 Å². The Morgan fingerprint density at radius 3 is 2.55 bits per heavy atom. The summed E-state index contributed by atoms with van der Waals surface area (Å²) in [5, 5.41) is 12.3. The Morgan fingerprint density at radius 2 is 1.95 bits per heavy atom.